The third-order valence-corrected chi connectivity index (χ3v) is 3.28. The van der Waals surface area contributed by atoms with Crippen LogP contribution in [0.15, 0.2) is 40.9 Å². The van der Waals surface area contributed by atoms with Crippen LogP contribution in [0.1, 0.15) is 11.1 Å². The largest absolute Gasteiger partial charge is 0.482 e. The van der Waals surface area contributed by atoms with Crippen molar-refractivity contribution in [3.8, 4) is 11.8 Å². The number of hydrogen-bond acceptors (Lipinski definition) is 4. The van der Waals surface area contributed by atoms with Crippen LogP contribution >= 0.6 is 15.9 Å². The third-order valence-electron chi connectivity index (χ3n) is 2.68. The molecule has 5 nitrogen and oxygen atoms in total. The van der Waals surface area contributed by atoms with Crippen molar-refractivity contribution >= 4 is 21.6 Å². The Morgan fingerprint density at radius 2 is 2.00 bits per heavy atom. The number of benzene rings is 2. The van der Waals surface area contributed by atoms with Gasteiger partial charge in [-0.1, -0.05) is 12.1 Å². The molecular formula is C14H8BrFN2O3. The smallest absolute Gasteiger partial charge is 0.312 e. The first-order valence-electron chi connectivity index (χ1n) is 5.76. The molecular weight excluding hydrogens is 343 g/mol. The van der Waals surface area contributed by atoms with Gasteiger partial charge in [-0.15, -0.1) is 0 Å². The highest BCUT2D eigenvalue weighted by molar-refractivity contribution is 9.10. The molecule has 0 spiro atoms. The molecule has 0 aliphatic heterocycles. The molecule has 0 saturated carbocycles. The minimum atomic E-state index is -0.643. The summed E-state index contributed by atoms with van der Waals surface area (Å²) in [6.07, 6.45) is 0. The first-order chi connectivity index (χ1) is 10.0. The summed E-state index contributed by atoms with van der Waals surface area (Å²) in [4.78, 5) is 10.3. The predicted molar refractivity (Wildman–Crippen MR) is 76.2 cm³/mol. The molecule has 0 atom stereocenters. The molecule has 0 amide bonds. The van der Waals surface area contributed by atoms with Crippen LogP contribution in [-0.4, -0.2) is 4.92 Å². The van der Waals surface area contributed by atoms with Crippen molar-refractivity contribution in [3.05, 3.63) is 67.9 Å². The van der Waals surface area contributed by atoms with E-state index in [2.05, 4.69) is 15.9 Å². The van der Waals surface area contributed by atoms with Crippen molar-refractivity contribution in [1.82, 2.24) is 0 Å². The number of nitriles is 1. The summed E-state index contributed by atoms with van der Waals surface area (Å²) >= 11 is 2.89. The van der Waals surface area contributed by atoms with Gasteiger partial charge in [0.05, 0.1) is 21.0 Å². The van der Waals surface area contributed by atoms with Crippen LogP contribution in [0, 0.1) is 27.3 Å². The van der Waals surface area contributed by atoms with Gasteiger partial charge in [0.25, 0.3) is 0 Å². The molecule has 0 saturated heterocycles. The van der Waals surface area contributed by atoms with Crippen molar-refractivity contribution in [2.45, 2.75) is 6.61 Å². The van der Waals surface area contributed by atoms with Crippen molar-refractivity contribution in [3.63, 3.8) is 0 Å². The Bertz CT molecular complexity index is 726. The molecule has 0 aliphatic rings. The molecule has 2 aromatic rings. The Balaban J connectivity index is 2.21. The quantitative estimate of drug-likeness (QED) is 0.617. The number of hydrogen-bond donors (Lipinski definition) is 0. The Morgan fingerprint density at radius 3 is 2.57 bits per heavy atom. The van der Waals surface area contributed by atoms with E-state index < -0.39 is 10.7 Å². The zero-order chi connectivity index (χ0) is 15.4. The topological polar surface area (TPSA) is 76.2 Å². The maximum Gasteiger partial charge on any atom is 0.312 e. The summed E-state index contributed by atoms with van der Waals surface area (Å²) in [6.45, 7) is 0.0353. The van der Waals surface area contributed by atoms with E-state index in [9.17, 15) is 14.5 Å². The van der Waals surface area contributed by atoms with Crippen molar-refractivity contribution in [1.29, 1.82) is 5.26 Å². The maximum atomic E-state index is 13.5. The second-order valence-electron chi connectivity index (χ2n) is 4.09. The fourth-order valence-electron chi connectivity index (χ4n) is 1.61. The zero-order valence-electron chi connectivity index (χ0n) is 10.5. The van der Waals surface area contributed by atoms with Gasteiger partial charge >= 0.3 is 5.69 Å². The normalized spacial score (nSPS) is 9.95. The van der Waals surface area contributed by atoms with Gasteiger partial charge < -0.3 is 4.74 Å². The second kappa shape index (κ2) is 6.33. The van der Waals surface area contributed by atoms with Crippen LogP contribution in [0.5, 0.6) is 5.75 Å². The molecule has 0 unspecified atom stereocenters. The first kappa shape index (κ1) is 14.9. The number of halogens is 2. The summed E-state index contributed by atoms with van der Waals surface area (Å²) in [7, 11) is 0. The van der Waals surface area contributed by atoms with Crippen molar-refractivity contribution < 1.29 is 14.1 Å². The average molecular weight is 351 g/mol. The standard InChI is InChI=1S/C14H8BrFN2O3/c15-11-5-13(18(19)20)14(6-12(11)16)21-8-10-3-1-9(7-17)2-4-10/h1-6H,8H2. The fraction of sp³-hybridized carbons (Fsp3) is 0.0714. The molecule has 0 radical (unpaired) electrons. The Hall–Kier alpha value is -2.46. The summed E-state index contributed by atoms with van der Waals surface area (Å²) < 4.78 is 18.8. The molecule has 21 heavy (non-hydrogen) atoms. The molecule has 0 aromatic heterocycles. The highest BCUT2D eigenvalue weighted by Crippen LogP contribution is 2.32. The van der Waals surface area contributed by atoms with E-state index >= 15 is 0 Å². The van der Waals surface area contributed by atoms with Gasteiger partial charge in [-0.25, -0.2) is 4.39 Å². The van der Waals surface area contributed by atoms with E-state index in [4.69, 9.17) is 10.00 Å². The molecule has 2 aromatic carbocycles. The summed E-state index contributed by atoms with van der Waals surface area (Å²) in [6, 6.07) is 10.5. The van der Waals surface area contributed by atoms with Gasteiger partial charge in [-0.3, -0.25) is 10.1 Å². The van der Waals surface area contributed by atoms with Crippen LogP contribution in [0.25, 0.3) is 0 Å². The highest BCUT2D eigenvalue weighted by atomic mass is 79.9. The second-order valence-corrected chi connectivity index (χ2v) is 4.94. The summed E-state index contributed by atoms with van der Waals surface area (Å²) in [5, 5.41) is 19.6. The lowest BCUT2D eigenvalue weighted by molar-refractivity contribution is -0.386. The van der Waals surface area contributed by atoms with Gasteiger partial charge in [-0.2, -0.15) is 5.26 Å². The van der Waals surface area contributed by atoms with Gasteiger partial charge in [0, 0.05) is 12.1 Å². The molecule has 0 N–H and O–H groups in total. The van der Waals surface area contributed by atoms with Crippen molar-refractivity contribution in [2.75, 3.05) is 0 Å². The Labute approximate surface area is 127 Å². The summed E-state index contributed by atoms with van der Waals surface area (Å²) in [5.74, 6) is -0.791. The maximum absolute atomic E-state index is 13.5. The number of ether oxygens (including phenoxy) is 1. The molecule has 106 valence electrons. The van der Waals surface area contributed by atoms with Gasteiger partial charge in [-0.05, 0) is 33.6 Å². The van der Waals surface area contributed by atoms with E-state index in [1.54, 1.807) is 24.3 Å². The van der Waals surface area contributed by atoms with Crippen LogP contribution in [0.4, 0.5) is 10.1 Å². The molecule has 0 bridgehead atoms. The van der Waals surface area contributed by atoms with Gasteiger partial charge in [0.15, 0.2) is 5.75 Å². The first-order valence-corrected chi connectivity index (χ1v) is 6.56. The number of nitro benzene ring substituents is 1. The van der Waals surface area contributed by atoms with Crippen LogP contribution in [0.3, 0.4) is 0 Å². The summed E-state index contributed by atoms with van der Waals surface area (Å²) in [5.41, 5.74) is 0.892. The molecule has 2 rings (SSSR count). The lowest BCUT2D eigenvalue weighted by atomic mass is 10.1. The lowest BCUT2D eigenvalue weighted by Gasteiger charge is -2.08. The Kier molecular flexibility index (Phi) is 4.50. The predicted octanol–water partition coefficient (Wildman–Crippen LogP) is 3.95. The van der Waals surface area contributed by atoms with Crippen molar-refractivity contribution in [2.24, 2.45) is 0 Å². The van der Waals surface area contributed by atoms with E-state index in [-0.39, 0.29) is 22.5 Å². The van der Waals surface area contributed by atoms with E-state index in [0.717, 1.165) is 12.1 Å². The van der Waals surface area contributed by atoms with Gasteiger partial charge in [0.1, 0.15) is 12.4 Å². The van der Waals surface area contributed by atoms with Crippen LogP contribution in [0.2, 0.25) is 0 Å². The minimum absolute atomic E-state index is 0.0000712. The van der Waals surface area contributed by atoms with E-state index in [0.29, 0.717) is 11.1 Å². The molecule has 0 fully saturated rings. The molecule has 0 heterocycles. The van der Waals surface area contributed by atoms with Crippen LogP contribution in [-0.2, 0) is 6.61 Å². The highest BCUT2D eigenvalue weighted by Gasteiger charge is 2.19. The number of rotatable bonds is 4. The fourth-order valence-corrected chi connectivity index (χ4v) is 1.94. The molecule has 7 heteroatoms. The lowest BCUT2D eigenvalue weighted by Crippen LogP contribution is -2.00. The van der Waals surface area contributed by atoms with Gasteiger partial charge in [0.2, 0.25) is 0 Å². The van der Waals surface area contributed by atoms with Crippen LogP contribution < -0.4 is 4.74 Å². The monoisotopic (exact) mass is 350 g/mol. The zero-order valence-corrected chi connectivity index (χ0v) is 12.1. The van der Waals surface area contributed by atoms with E-state index in [1.165, 1.54) is 0 Å². The van der Waals surface area contributed by atoms with E-state index in [1.807, 2.05) is 6.07 Å². The third kappa shape index (κ3) is 3.55. The molecule has 0 aliphatic carbocycles. The number of nitrogens with zero attached hydrogens (tertiary/aromatic N) is 2. The SMILES string of the molecule is N#Cc1ccc(COc2cc(F)c(Br)cc2[N+](=O)[O-])cc1. The Morgan fingerprint density at radius 1 is 1.33 bits per heavy atom. The minimum Gasteiger partial charge on any atom is -0.482 e. The number of nitro groups is 1. The average Bonchev–Trinajstić information content (AvgIpc) is 2.48.